The van der Waals surface area contributed by atoms with E-state index in [1.807, 2.05) is 29.2 Å². The molecule has 1 atom stereocenters. The maximum atomic E-state index is 4.62. The van der Waals surface area contributed by atoms with Crippen LogP contribution in [-0.2, 0) is 13.1 Å². The van der Waals surface area contributed by atoms with Crippen molar-refractivity contribution >= 4 is 5.95 Å². The Hall–Kier alpha value is -2.70. The minimum atomic E-state index is 0.155. The molecule has 0 bridgehead atoms. The molecule has 0 spiro atoms. The summed E-state index contributed by atoms with van der Waals surface area (Å²) in [6.45, 7) is 4.65. The van der Waals surface area contributed by atoms with E-state index in [2.05, 4.69) is 36.4 Å². The van der Waals surface area contributed by atoms with E-state index in [1.165, 1.54) is 5.69 Å². The Balaban J connectivity index is 1.62. The molecule has 0 aliphatic carbocycles. The number of hydrogen-bond acceptors (Lipinski definition) is 5. The molecular weight excluding hydrogens is 278 g/mol. The Bertz CT molecular complexity index is 748. The lowest BCUT2D eigenvalue weighted by Gasteiger charge is -2.34. The van der Waals surface area contributed by atoms with E-state index in [4.69, 9.17) is 0 Å². The monoisotopic (exact) mass is 295 g/mol. The SMILES string of the molecule is C[C@@H]1c2ncc(Cn3cccn3)n2CCN1c1ncccn1. The van der Waals surface area contributed by atoms with Gasteiger partial charge in [-0.25, -0.2) is 15.0 Å². The van der Waals surface area contributed by atoms with Crippen molar-refractivity contribution in [2.24, 2.45) is 0 Å². The first-order valence-corrected chi connectivity index (χ1v) is 7.38. The van der Waals surface area contributed by atoms with Crippen LogP contribution in [0.2, 0.25) is 0 Å². The largest absolute Gasteiger partial charge is 0.329 e. The zero-order valence-electron chi connectivity index (χ0n) is 12.4. The molecule has 3 aromatic heterocycles. The molecule has 7 heteroatoms. The van der Waals surface area contributed by atoms with Crippen LogP contribution in [0.25, 0.3) is 0 Å². The molecule has 112 valence electrons. The van der Waals surface area contributed by atoms with Crippen molar-refractivity contribution in [3.63, 3.8) is 0 Å². The summed E-state index contributed by atoms with van der Waals surface area (Å²) < 4.78 is 4.20. The molecule has 4 heterocycles. The zero-order chi connectivity index (χ0) is 14.9. The second-order valence-electron chi connectivity index (χ2n) is 5.38. The van der Waals surface area contributed by atoms with E-state index in [-0.39, 0.29) is 6.04 Å². The fourth-order valence-electron chi connectivity index (χ4n) is 2.96. The molecule has 3 aromatic rings. The van der Waals surface area contributed by atoms with Gasteiger partial charge >= 0.3 is 0 Å². The van der Waals surface area contributed by atoms with Crippen LogP contribution in [0.4, 0.5) is 5.95 Å². The predicted octanol–water partition coefficient (Wildman–Crippen LogP) is 1.50. The first-order chi connectivity index (χ1) is 10.8. The lowest BCUT2D eigenvalue weighted by Crippen LogP contribution is -2.38. The van der Waals surface area contributed by atoms with Crippen molar-refractivity contribution in [2.75, 3.05) is 11.4 Å². The molecule has 0 radical (unpaired) electrons. The first kappa shape index (κ1) is 13.0. The third kappa shape index (κ3) is 2.14. The van der Waals surface area contributed by atoms with Gasteiger partial charge in [-0.05, 0) is 19.1 Å². The van der Waals surface area contributed by atoms with E-state index in [0.29, 0.717) is 0 Å². The summed E-state index contributed by atoms with van der Waals surface area (Å²) in [5.41, 5.74) is 1.18. The topological polar surface area (TPSA) is 64.7 Å². The van der Waals surface area contributed by atoms with Gasteiger partial charge in [0.2, 0.25) is 5.95 Å². The highest BCUT2D eigenvalue weighted by Crippen LogP contribution is 2.28. The van der Waals surface area contributed by atoms with E-state index < -0.39 is 0 Å². The fourth-order valence-corrected chi connectivity index (χ4v) is 2.96. The minimum absolute atomic E-state index is 0.155. The molecule has 4 rings (SSSR count). The van der Waals surface area contributed by atoms with Crippen molar-refractivity contribution < 1.29 is 0 Å². The molecular formula is C15H17N7. The van der Waals surface area contributed by atoms with Gasteiger partial charge in [-0.15, -0.1) is 0 Å². The average Bonchev–Trinajstić information content (AvgIpc) is 3.20. The van der Waals surface area contributed by atoms with E-state index in [1.54, 1.807) is 18.6 Å². The number of fused-ring (bicyclic) bond motifs is 1. The molecule has 7 nitrogen and oxygen atoms in total. The Morgan fingerprint density at radius 1 is 1.09 bits per heavy atom. The average molecular weight is 295 g/mol. The maximum Gasteiger partial charge on any atom is 0.225 e. The Labute approximate surface area is 128 Å². The minimum Gasteiger partial charge on any atom is -0.329 e. The summed E-state index contributed by atoms with van der Waals surface area (Å²) in [6, 6.07) is 3.92. The van der Waals surface area contributed by atoms with E-state index in [9.17, 15) is 0 Å². The van der Waals surface area contributed by atoms with Crippen LogP contribution in [0.1, 0.15) is 24.5 Å². The van der Waals surface area contributed by atoms with Crippen LogP contribution < -0.4 is 4.90 Å². The summed E-state index contributed by atoms with van der Waals surface area (Å²) in [5, 5.41) is 4.27. The lowest BCUT2D eigenvalue weighted by atomic mass is 10.2. The van der Waals surface area contributed by atoms with Gasteiger partial charge in [-0.1, -0.05) is 0 Å². The predicted molar refractivity (Wildman–Crippen MR) is 81.3 cm³/mol. The van der Waals surface area contributed by atoms with Crippen LogP contribution in [0.15, 0.2) is 43.1 Å². The molecule has 0 N–H and O–H groups in total. The molecule has 0 aromatic carbocycles. The van der Waals surface area contributed by atoms with Gasteiger partial charge < -0.3 is 9.47 Å². The Kier molecular flexibility index (Phi) is 3.10. The van der Waals surface area contributed by atoms with Crippen LogP contribution in [0, 0.1) is 0 Å². The highest BCUT2D eigenvalue weighted by molar-refractivity contribution is 5.34. The van der Waals surface area contributed by atoms with Crippen molar-refractivity contribution in [3.05, 3.63) is 54.6 Å². The molecule has 0 saturated carbocycles. The number of nitrogens with zero attached hydrogens (tertiary/aromatic N) is 7. The van der Waals surface area contributed by atoms with Gasteiger partial charge in [-0.2, -0.15) is 5.10 Å². The highest BCUT2D eigenvalue weighted by Gasteiger charge is 2.28. The van der Waals surface area contributed by atoms with Gasteiger partial charge in [-0.3, -0.25) is 4.68 Å². The standard InChI is InChI=1S/C15H17N7/c1-12-14-18-10-13(11-20-7-3-6-19-20)22(14)9-8-21(12)15-16-4-2-5-17-15/h2-7,10,12H,8-9,11H2,1H3/t12-/m1/s1. The molecule has 0 saturated heterocycles. The Morgan fingerprint density at radius 2 is 1.95 bits per heavy atom. The smallest absolute Gasteiger partial charge is 0.225 e. The van der Waals surface area contributed by atoms with E-state index in [0.717, 1.165) is 31.4 Å². The second kappa shape index (κ2) is 5.25. The summed E-state index contributed by atoms with van der Waals surface area (Å²) in [4.78, 5) is 15.5. The van der Waals surface area contributed by atoms with Gasteiger partial charge in [0, 0.05) is 37.9 Å². The van der Waals surface area contributed by atoms with E-state index >= 15 is 0 Å². The number of hydrogen-bond donors (Lipinski definition) is 0. The molecule has 1 aliphatic heterocycles. The van der Waals surface area contributed by atoms with Crippen LogP contribution in [0.3, 0.4) is 0 Å². The van der Waals surface area contributed by atoms with Crippen molar-refractivity contribution in [2.45, 2.75) is 26.1 Å². The number of rotatable bonds is 3. The van der Waals surface area contributed by atoms with Crippen LogP contribution in [-0.4, -0.2) is 35.8 Å². The summed E-state index contributed by atoms with van der Waals surface area (Å²) in [6.07, 6.45) is 9.27. The van der Waals surface area contributed by atoms with Crippen LogP contribution >= 0.6 is 0 Å². The summed E-state index contributed by atoms with van der Waals surface area (Å²) in [5.74, 6) is 1.82. The van der Waals surface area contributed by atoms with Crippen molar-refractivity contribution in [1.29, 1.82) is 0 Å². The van der Waals surface area contributed by atoms with Gasteiger partial charge in [0.1, 0.15) is 5.82 Å². The molecule has 0 amide bonds. The molecule has 0 unspecified atom stereocenters. The second-order valence-corrected chi connectivity index (χ2v) is 5.38. The fraction of sp³-hybridized carbons (Fsp3) is 0.333. The lowest BCUT2D eigenvalue weighted by molar-refractivity contribution is 0.472. The highest BCUT2D eigenvalue weighted by atomic mass is 15.3. The van der Waals surface area contributed by atoms with Crippen molar-refractivity contribution in [3.8, 4) is 0 Å². The first-order valence-electron chi connectivity index (χ1n) is 7.38. The summed E-state index contributed by atoms with van der Waals surface area (Å²) >= 11 is 0. The molecule has 22 heavy (non-hydrogen) atoms. The third-order valence-electron chi connectivity index (χ3n) is 4.07. The Morgan fingerprint density at radius 3 is 2.73 bits per heavy atom. The van der Waals surface area contributed by atoms with Crippen molar-refractivity contribution in [1.82, 2.24) is 29.3 Å². The molecule has 1 aliphatic rings. The number of anilines is 1. The van der Waals surface area contributed by atoms with Gasteiger partial charge in [0.15, 0.2) is 0 Å². The quantitative estimate of drug-likeness (QED) is 0.732. The third-order valence-corrected chi connectivity index (χ3v) is 4.07. The van der Waals surface area contributed by atoms with Gasteiger partial charge in [0.25, 0.3) is 0 Å². The maximum absolute atomic E-state index is 4.62. The zero-order valence-corrected chi connectivity index (χ0v) is 12.4. The number of imidazole rings is 1. The van der Waals surface area contributed by atoms with Gasteiger partial charge in [0.05, 0.1) is 24.5 Å². The number of aromatic nitrogens is 6. The normalized spacial score (nSPS) is 17.5. The summed E-state index contributed by atoms with van der Waals surface area (Å²) in [7, 11) is 0. The van der Waals surface area contributed by atoms with Crippen LogP contribution in [0.5, 0.6) is 0 Å². The molecule has 0 fully saturated rings.